The summed E-state index contributed by atoms with van der Waals surface area (Å²) < 4.78 is 27.8. The Hall–Kier alpha value is -1.10. The number of rotatable bonds is 7. The molecule has 2 rings (SSSR count). The van der Waals surface area contributed by atoms with Crippen LogP contribution in [0.3, 0.4) is 0 Å². The van der Waals surface area contributed by atoms with E-state index in [9.17, 15) is 13.6 Å². The largest absolute Gasteiger partial charge is 0.481 e. The van der Waals surface area contributed by atoms with Crippen LogP contribution in [0.15, 0.2) is 30.3 Å². The molecular weight excluding hydrogens is 270 g/mol. The highest BCUT2D eigenvalue weighted by Gasteiger charge is 2.45. The van der Waals surface area contributed by atoms with Crippen LogP contribution in [-0.2, 0) is 10.7 Å². The van der Waals surface area contributed by atoms with Crippen molar-refractivity contribution in [3.63, 3.8) is 0 Å². The van der Waals surface area contributed by atoms with Crippen molar-refractivity contribution in [2.45, 2.75) is 25.2 Å². The molecule has 104 valence electrons. The number of benzene rings is 1. The third-order valence-electron chi connectivity index (χ3n) is 3.37. The van der Waals surface area contributed by atoms with Gasteiger partial charge in [0.25, 0.3) is 5.92 Å². The smallest absolute Gasteiger partial charge is 0.303 e. The number of alkyl halides is 2. The molecular formula is C14H16F2O2S. The predicted octanol–water partition coefficient (Wildman–Crippen LogP) is 3.77. The van der Waals surface area contributed by atoms with Gasteiger partial charge in [-0.3, -0.25) is 4.79 Å². The molecule has 1 saturated carbocycles. The molecule has 0 amide bonds. The quantitative estimate of drug-likeness (QED) is 0.829. The topological polar surface area (TPSA) is 37.3 Å². The van der Waals surface area contributed by atoms with Crippen LogP contribution in [0.4, 0.5) is 8.78 Å². The molecule has 1 fully saturated rings. The summed E-state index contributed by atoms with van der Waals surface area (Å²) in [5.41, 5.74) is -0.214. The number of halogens is 2. The highest BCUT2D eigenvalue weighted by Crippen LogP contribution is 2.51. The van der Waals surface area contributed by atoms with Crippen LogP contribution in [0.25, 0.3) is 0 Å². The van der Waals surface area contributed by atoms with Gasteiger partial charge in [0.15, 0.2) is 0 Å². The van der Waals surface area contributed by atoms with Crippen LogP contribution >= 0.6 is 11.8 Å². The molecule has 1 aliphatic carbocycles. The summed E-state index contributed by atoms with van der Waals surface area (Å²) in [7, 11) is 0. The summed E-state index contributed by atoms with van der Waals surface area (Å²) in [4.78, 5) is 10.7. The van der Waals surface area contributed by atoms with Crippen molar-refractivity contribution in [1.29, 1.82) is 0 Å². The summed E-state index contributed by atoms with van der Waals surface area (Å²) in [6, 6.07) is 7.75. The lowest BCUT2D eigenvalue weighted by Crippen LogP contribution is -2.19. The third-order valence-corrected chi connectivity index (χ3v) is 4.75. The minimum absolute atomic E-state index is 0.0191. The van der Waals surface area contributed by atoms with Crippen LogP contribution in [0, 0.1) is 5.41 Å². The zero-order valence-electron chi connectivity index (χ0n) is 10.4. The fourth-order valence-corrected chi connectivity index (χ4v) is 3.38. The standard InChI is InChI=1S/C14H16F2O2S/c15-14(16,11-4-2-1-3-5-11)10-19-9-13(6-7-13)8-12(17)18/h1-5H,6-10H2,(H,17,18). The van der Waals surface area contributed by atoms with Gasteiger partial charge in [-0.05, 0) is 24.0 Å². The fraction of sp³-hybridized carbons (Fsp3) is 0.500. The van der Waals surface area contributed by atoms with Crippen LogP contribution < -0.4 is 0 Å². The van der Waals surface area contributed by atoms with E-state index >= 15 is 0 Å². The van der Waals surface area contributed by atoms with Gasteiger partial charge in [0.2, 0.25) is 0 Å². The lowest BCUT2D eigenvalue weighted by Gasteiger charge is -2.18. The Morgan fingerprint density at radius 2 is 1.95 bits per heavy atom. The van der Waals surface area contributed by atoms with E-state index < -0.39 is 11.9 Å². The molecule has 0 unspecified atom stereocenters. The summed E-state index contributed by atoms with van der Waals surface area (Å²) in [6.07, 6.45) is 1.77. The lowest BCUT2D eigenvalue weighted by molar-refractivity contribution is -0.138. The van der Waals surface area contributed by atoms with Crippen LogP contribution in [0.5, 0.6) is 0 Å². The van der Waals surface area contributed by atoms with Gasteiger partial charge in [0.05, 0.1) is 12.2 Å². The van der Waals surface area contributed by atoms with E-state index in [1.54, 1.807) is 18.2 Å². The van der Waals surface area contributed by atoms with Crippen LogP contribution in [0.2, 0.25) is 0 Å². The molecule has 1 N–H and O–H groups in total. The van der Waals surface area contributed by atoms with Gasteiger partial charge in [0, 0.05) is 5.56 Å². The van der Waals surface area contributed by atoms with Crippen molar-refractivity contribution in [1.82, 2.24) is 0 Å². The molecule has 2 nitrogen and oxygen atoms in total. The van der Waals surface area contributed by atoms with Crippen molar-refractivity contribution in [3.8, 4) is 0 Å². The van der Waals surface area contributed by atoms with E-state index in [4.69, 9.17) is 5.11 Å². The van der Waals surface area contributed by atoms with Gasteiger partial charge in [-0.1, -0.05) is 30.3 Å². The maximum Gasteiger partial charge on any atom is 0.303 e. The molecule has 0 radical (unpaired) electrons. The second-order valence-corrected chi connectivity index (χ2v) is 6.12. The summed E-state index contributed by atoms with van der Waals surface area (Å²) in [5.74, 6) is -3.49. The number of hydrogen-bond donors (Lipinski definition) is 1. The Morgan fingerprint density at radius 1 is 1.32 bits per heavy atom. The maximum absolute atomic E-state index is 13.9. The Labute approximate surface area is 115 Å². The first-order chi connectivity index (χ1) is 8.94. The van der Waals surface area contributed by atoms with E-state index in [0.717, 1.165) is 24.6 Å². The second kappa shape index (κ2) is 5.49. The molecule has 1 aromatic rings. The molecule has 0 saturated heterocycles. The molecule has 1 aromatic carbocycles. The first-order valence-corrected chi connectivity index (χ1v) is 7.32. The molecule has 0 aromatic heterocycles. The first-order valence-electron chi connectivity index (χ1n) is 6.17. The average Bonchev–Trinajstić information content (AvgIpc) is 3.09. The molecule has 0 bridgehead atoms. The Balaban J connectivity index is 1.84. The number of carbonyl (C=O) groups is 1. The van der Waals surface area contributed by atoms with E-state index in [2.05, 4.69) is 0 Å². The second-order valence-electron chi connectivity index (χ2n) is 5.13. The average molecular weight is 286 g/mol. The molecule has 0 heterocycles. The normalized spacial score (nSPS) is 17.2. The fourth-order valence-electron chi connectivity index (χ4n) is 2.03. The maximum atomic E-state index is 13.9. The number of hydrogen-bond acceptors (Lipinski definition) is 2. The number of thioether (sulfide) groups is 1. The van der Waals surface area contributed by atoms with Crippen LogP contribution in [0.1, 0.15) is 24.8 Å². The third kappa shape index (κ3) is 3.93. The van der Waals surface area contributed by atoms with Gasteiger partial charge in [0.1, 0.15) is 0 Å². The van der Waals surface area contributed by atoms with E-state index in [1.807, 2.05) is 0 Å². The molecule has 0 atom stereocenters. The summed E-state index contributed by atoms with van der Waals surface area (Å²) in [6.45, 7) is 0. The van der Waals surface area contributed by atoms with Crippen molar-refractivity contribution in [2.75, 3.05) is 11.5 Å². The SMILES string of the molecule is O=C(O)CC1(CSCC(F)(F)c2ccccc2)CC1. The molecule has 0 spiro atoms. The van der Waals surface area contributed by atoms with Gasteiger partial charge in [-0.15, -0.1) is 0 Å². The number of carboxylic acid groups (broad SMARTS) is 1. The van der Waals surface area contributed by atoms with E-state index in [0.29, 0.717) is 5.75 Å². The van der Waals surface area contributed by atoms with Crippen molar-refractivity contribution in [2.24, 2.45) is 5.41 Å². The summed E-state index contributed by atoms with van der Waals surface area (Å²) >= 11 is 1.15. The first kappa shape index (κ1) is 14.3. The van der Waals surface area contributed by atoms with E-state index in [-0.39, 0.29) is 23.2 Å². The Morgan fingerprint density at radius 3 is 2.47 bits per heavy atom. The Bertz CT molecular complexity index is 444. The highest BCUT2D eigenvalue weighted by atomic mass is 32.2. The Kier molecular flexibility index (Phi) is 4.13. The number of carboxylic acids is 1. The molecule has 19 heavy (non-hydrogen) atoms. The lowest BCUT2D eigenvalue weighted by atomic mass is 10.1. The number of aliphatic carboxylic acids is 1. The minimum atomic E-state index is -2.86. The van der Waals surface area contributed by atoms with Crippen LogP contribution in [-0.4, -0.2) is 22.6 Å². The predicted molar refractivity (Wildman–Crippen MR) is 71.6 cm³/mol. The molecule has 1 aliphatic rings. The van der Waals surface area contributed by atoms with Crippen molar-refractivity contribution >= 4 is 17.7 Å². The van der Waals surface area contributed by atoms with Gasteiger partial charge in [-0.2, -0.15) is 11.8 Å². The minimum Gasteiger partial charge on any atom is -0.481 e. The molecule has 5 heteroatoms. The van der Waals surface area contributed by atoms with Crippen molar-refractivity contribution in [3.05, 3.63) is 35.9 Å². The zero-order valence-corrected chi connectivity index (χ0v) is 11.3. The van der Waals surface area contributed by atoms with Crippen molar-refractivity contribution < 1.29 is 18.7 Å². The monoisotopic (exact) mass is 286 g/mol. The zero-order chi connectivity index (χ0) is 13.9. The van der Waals surface area contributed by atoms with Gasteiger partial charge in [-0.25, -0.2) is 8.78 Å². The molecule has 0 aliphatic heterocycles. The summed E-state index contributed by atoms with van der Waals surface area (Å²) in [5, 5.41) is 8.77. The van der Waals surface area contributed by atoms with E-state index in [1.165, 1.54) is 12.1 Å². The van der Waals surface area contributed by atoms with Gasteiger partial charge >= 0.3 is 5.97 Å². The van der Waals surface area contributed by atoms with Gasteiger partial charge < -0.3 is 5.11 Å². The highest BCUT2D eigenvalue weighted by molar-refractivity contribution is 7.99.